The molecule has 0 aliphatic rings. The molecule has 0 amide bonds. The second-order valence-electron chi connectivity index (χ2n) is 5.74. The number of nitrogens with one attached hydrogen (secondary N) is 1. The molecular formula is C19H18N6O. The SMILES string of the molecule is COCCNc1c(-c2ccc(-c3cncnc3)cc2)nc2cnccn12. The van der Waals surface area contributed by atoms with Crippen molar-refractivity contribution in [3.05, 3.63) is 61.6 Å². The third-order valence-electron chi connectivity index (χ3n) is 4.08. The van der Waals surface area contributed by atoms with Crippen molar-refractivity contribution in [3.63, 3.8) is 0 Å². The van der Waals surface area contributed by atoms with Crippen molar-refractivity contribution >= 4 is 11.5 Å². The molecule has 1 N–H and O–H groups in total. The molecule has 0 saturated carbocycles. The molecule has 130 valence electrons. The normalized spacial score (nSPS) is 11.0. The van der Waals surface area contributed by atoms with E-state index >= 15 is 0 Å². The molecule has 1 aromatic carbocycles. The highest BCUT2D eigenvalue weighted by Gasteiger charge is 2.14. The third kappa shape index (κ3) is 3.12. The Balaban J connectivity index is 1.72. The molecular weight excluding hydrogens is 328 g/mol. The maximum absolute atomic E-state index is 5.15. The van der Waals surface area contributed by atoms with E-state index in [-0.39, 0.29) is 0 Å². The van der Waals surface area contributed by atoms with Crippen molar-refractivity contribution in [1.29, 1.82) is 0 Å². The minimum absolute atomic E-state index is 0.616. The Labute approximate surface area is 150 Å². The van der Waals surface area contributed by atoms with Gasteiger partial charge in [-0.05, 0) is 5.56 Å². The van der Waals surface area contributed by atoms with Gasteiger partial charge in [-0.15, -0.1) is 0 Å². The fourth-order valence-electron chi connectivity index (χ4n) is 2.82. The maximum atomic E-state index is 5.15. The highest BCUT2D eigenvalue weighted by atomic mass is 16.5. The summed E-state index contributed by atoms with van der Waals surface area (Å²) in [7, 11) is 1.69. The fraction of sp³-hybridized carbons (Fsp3) is 0.158. The molecule has 0 bridgehead atoms. The largest absolute Gasteiger partial charge is 0.383 e. The molecule has 0 atom stereocenters. The molecule has 3 heterocycles. The van der Waals surface area contributed by atoms with Crippen LogP contribution in [0.25, 0.3) is 28.0 Å². The smallest absolute Gasteiger partial charge is 0.157 e. The van der Waals surface area contributed by atoms with Gasteiger partial charge in [0.25, 0.3) is 0 Å². The average Bonchev–Trinajstić information content (AvgIpc) is 3.08. The van der Waals surface area contributed by atoms with Gasteiger partial charge in [-0.1, -0.05) is 24.3 Å². The van der Waals surface area contributed by atoms with Crippen molar-refractivity contribution in [1.82, 2.24) is 24.3 Å². The highest BCUT2D eigenvalue weighted by molar-refractivity contribution is 5.78. The Bertz CT molecular complexity index is 998. The molecule has 0 fully saturated rings. The molecule has 0 saturated heterocycles. The molecule has 4 rings (SSSR count). The number of benzene rings is 1. The zero-order valence-electron chi connectivity index (χ0n) is 14.3. The Kier molecular flexibility index (Phi) is 4.53. The van der Waals surface area contributed by atoms with Crippen LogP contribution in [-0.2, 0) is 4.74 Å². The topological polar surface area (TPSA) is 77.2 Å². The van der Waals surface area contributed by atoms with Gasteiger partial charge in [0.05, 0.1) is 12.8 Å². The first-order valence-corrected chi connectivity index (χ1v) is 8.27. The average molecular weight is 346 g/mol. The van der Waals surface area contributed by atoms with Crippen LogP contribution >= 0.6 is 0 Å². The number of imidazole rings is 1. The monoisotopic (exact) mass is 346 g/mol. The van der Waals surface area contributed by atoms with Crippen LogP contribution in [0.1, 0.15) is 0 Å². The second kappa shape index (κ2) is 7.28. The van der Waals surface area contributed by atoms with Gasteiger partial charge in [0, 0.05) is 49.6 Å². The van der Waals surface area contributed by atoms with Crippen LogP contribution in [0.3, 0.4) is 0 Å². The summed E-state index contributed by atoms with van der Waals surface area (Å²) in [5, 5.41) is 3.41. The second-order valence-corrected chi connectivity index (χ2v) is 5.74. The first-order valence-electron chi connectivity index (χ1n) is 8.27. The zero-order valence-corrected chi connectivity index (χ0v) is 14.3. The van der Waals surface area contributed by atoms with E-state index in [0.717, 1.165) is 33.8 Å². The van der Waals surface area contributed by atoms with Gasteiger partial charge < -0.3 is 10.1 Å². The lowest BCUT2D eigenvalue weighted by molar-refractivity contribution is 0.210. The van der Waals surface area contributed by atoms with E-state index < -0.39 is 0 Å². The number of fused-ring (bicyclic) bond motifs is 1. The summed E-state index contributed by atoms with van der Waals surface area (Å²) in [6.45, 7) is 1.31. The van der Waals surface area contributed by atoms with Gasteiger partial charge in [-0.25, -0.2) is 15.0 Å². The first-order chi connectivity index (χ1) is 12.9. The fourth-order valence-corrected chi connectivity index (χ4v) is 2.82. The van der Waals surface area contributed by atoms with E-state index in [1.165, 1.54) is 6.33 Å². The van der Waals surface area contributed by atoms with Crippen LogP contribution in [0.15, 0.2) is 61.6 Å². The molecule has 7 nitrogen and oxygen atoms in total. The molecule has 0 spiro atoms. The Hall–Kier alpha value is -3.32. The highest BCUT2D eigenvalue weighted by Crippen LogP contribution is 2.30. The third-order valence-corrected chi connectivity index (χ3v) is 4.08. The number of methoxy groups -OCH3 is 1. The summed E-state index contributed by atoms with van der Waals surface area (Å²) in [6.07, 6.45) is 10.5. The summed E-state index contributed by atoms with van der Waals surface area (Å²) in [6, 6.07) is 8.21. The van der Waals surface area contributed by atoms with Gasteiger partial charge in [-0.3, -0.25) is 9.38 Å². The number of aromatic nitrogens is 5. The summed E-state index contributed by atoms with van der Waals surface area (Å²) in [5.74, 6) is 0.926. The van der Waals surface area contributed by atoms with E-state index in [1.54, 1.807) is 31.9 Å². The number of hydrogen-bond acceptors (Lipinski definition) is 6. The minimum Gasteiger partial charge on any atom is -0.383 e. The molecule has 0 aliphatic heterocycles. The predicted octanol–water partition coefficient (Wildman–Crippen LogP) is 2.91. The molecule has 7 heteroatoms. The summed E-state index contributed by atoms with van der Waals surface area (Å²) in [4.78, 5) is 17.0. The Morgan fingerprint density at radius 2 is 1.73 bits per heavy atom. The van der Waals surface area contributed by atoms with E-state index in [0.29, 0.717) is 13.2 Å². The first kappa shape index (κ1) is 16.2. The van der Waals surface area contributed by atoms with Gasteiger partial charge in [0.15, 0.2) is 5.65 Å². The Morgan fingerprint density at radius 1 is 0.962 bits per heavy atom. The van der Waals surface area contributed by atoms with Crippen molar-refractivity contribution < 1.29 is 4.74 Å². The summed E-state index contributed by atoms with van der Waals surface area (Å²) in [5.41, 5.74) is 4.74. The van der Waals surface area contributed by atoms with E-state index in [9.17, 15) is 0 Å². The maximum Gasteiger partial charge on any atom is 0.157 e. The quantitative estimate of drug-likeness (QED) is 0.541. The molecule has 3 aromatic heterocycles. The van der Waals surface area contributed by atoms with Crippen LogP contribution in [0.5, 0.6) is 0 Å². The number of nitrogens with zero attached hydrogens (tertiary/aromatic N) is 5. The van der Waals surface area contributed by atoms with Crippen LogP contribution in [-0.4, -0.2) is 44.6 Å². The van der Waals surface area contributed by atoms with Crippen LogP contribution in [0, 0.1) is 0 Å². The number of hydrogen-bond donors (Lipinski definition) is 1. The van der Waals surface area contributed by atoms with Crippen molar-refractivity contribution in [2.24, 2.45) is 0 Å². The van der Waals surface area contributed by atoms with Gasteiger partial charge >= 0.3 is 0 Å². The summed E-state index contributed by atoms with van der Waals surface area (Å²) < 4.78 is 7.14. The van der Waals surface area contributed by atoms with Crippen molar-refractivity contribution in [2.75, 3.05) is 25.6 Å². The van der Waals surface area contributed by atoms with Crippen LogP contribution in [0.2, 0.25) is 0 Å². The lowest BCUT2D eigenvalue weighted by Gasteiger charge is -2.08. The molecule has 0 aliphatic carbocycles. The lowest BCUT2D eigenvalue weighted by Crippen LogP contribution is -2.10. The van der Waals surface area contributed by atoms with E-state index in [4.69, 9.17) is 9.72 Å². The van der Waals surface area contributed by atoms with Gasteiger partial charge in [-0.2, -0.15) is 0 Å². The van der Waals surface area contributed by atoms with Crippen molar-refractivity contribution in [2.45, 2.75) is 0 Å². The van der Waals surface area contributed by atoms with E-state index in [2.05, 4.69) is 44.5 Å². The molecule has 4 aromatic rings. The minimum atomic E-state index is 0.616. The Morgan fingerprint density at radius 3 is 2.50 bits per heavy atom. The lowest BCUT2D eigenvalue weighted by atomic mass is 10.1. The van der Waals surface area contributed by atoms with Crippen LogP contribution in [0.4, 0.5) is 5.82 Å². The van der Waals surface area contributed by atoms with Gasteiger partial charge in [0.2, 0.25) is 0 Å². The molecule has 0 unspecified atom stereocenters. The van der Waals surface area contributed by atoms with Gasteiger partial charge in [0.1, 0.15) is 17.8 Å². The standard InChI is InChI=1S/C19H18N6O/c1-26-9-7-23-19-18(24-17-12-20-6-8-25(17)19)15-4-2-14(3-5-15)16-10-21-13-22-11-16/h2-6,8,10-13,23H,7,9H2,1H3. The number of ether oxygens (including phenoxy) is 1. The zero-order chi connectivity index (χ0) is 17.8. The predicted molar refractivity (Wildman–Crippen MR) is 99.8 cm³/mol. The number of anilines is 1. The number of rotatable bonds is 6. The van der Waals surface area contributed by atoms with E-state index in [1.807, 2.05) is 10.6 Å². The van der Waals surface area contributed by atoms with Crippen LogP contribution < -0.4 is 5.32 Å². The van der Waals surface area contributed by atoms with Crippen molar-refractivity contribution in [3.8, 4) is 22.4 Å². The molecule has 26 heavy (non-hydrogen) atoms. The molecule has 0 radical (unpaired) electrons. The summed E-state index contributed by atoms with van der Waals surface area (Å²) >= 11 is 0.